The lowest BCUT2D eigenvalue weighted by Gasteiger charge is -2.26. The van der Waals surface area contributed by atoms with Gasteiger partial charge in [0.2, 0.25) is 5.91 Å². The first-order valence-corrected chi connectivity index (χ1v) is 12.8. The van der Waals surface area contributed by atoms with Crippen molar-refractivity contribution >= 4 is 34.9 Å². The second kappa shape index (κ2) is 11.9. The summed E-state index contributed by atoms with van der Waals surface area (Å²) in [5.41, 5.74) is 1.55. The lowest BCUT2D eigenvalue weighted by molar-refractivity contribution is -0.137. The van der Waals surface area contributed by atoms with Crippen molar-refractivity contribution < 1.29 is 22.8 Å². The Kier molecular flexibility index (Phi) is 8.68. The van der Waals surface area contributed by atoms with Crippen molar-refractivity contribution in [1.82, 2.24) is 20.2 Å². The van der Waals surface area contributed by atoms with E-state index >= 15 is 0 Å². The van der Waals surface area contributed by atoms with Gasteiger partial charge in [-0.3, -0.25) is 15.1 Å². The van der Waals surface area contributed by atoms with E-state index in [1.807, 2.05) is 12.1 Å². The van der Waals surface area contributed by atoms with Crippen LogP contribution >= 0.6 is 11.6 Å². The maximum Gasteiger partial charge on any atom is 0.417 e. The third-order valence-electron chi connectivity index (χ3n) is 6.64. The molecule has 1 aliphatic heterocycles. The molecule has 0 saturated heterocycles. The average Bonchev–Trinajstić information content (AvgIpc) is 2.88. The number of hydrogen-bond acceptors (Lipinski definition) is 4. The smallest absolute Gasteiger partial charge is 0.353 e. The largest absolute Gasteiger partial charge is 0.417 e. The number of pyridine rings is 2. The Hall–Kier alpha value is -3.14. The minimum absolute atomic E-state index is 0.0421. The molecular weight excluding hydrogens is 507 g/mol. The molecule has 2 aromatic rings. The van der Waals surface area contributed by atoms with Gasteiger partial charge >= 0.3 is 12.2 Å². The van der Waals surface area contributed by atoms with Crippen LogP contribution in [-0.2, 0) is 17.4 Å². The summed E-state index contributed by atoms with van der Waals surface area (Å²) in [6.45, 7) is 0.683. The number of nitrogens with zero attached hydrogens (tertiary/aromatic N) is 3. The van der Waals surface area contributed by atoms with E-state index < -0.39 is 17.8 Å². The van der Waals surface area contributed by atoms with Crippen molar-refractivity contribution in [3.8, 4) is 0 Å². The number of amides is 3. The number of rotatable bonds is 6. The van der Waals surface area contributed by atoms with Crippen LogP contribution in [0, 0.1) is 0 Å². The second-order valence-electron chi connectivity index (χ2n) is 9.36. The molecule has 4 rings (SSSR count). The van der Waals surface area contributed by atoms with E-state index in [1.54, 1.807) is 6.20 Å². The third kappa shape index (κ3) is 7.44. The van der Waals surface area contributed by atoms with Crippen LogP contribution in [0.2, 0.25) is 5.02 Å². The van der Waals surface area contributed by atoms with Crippen LogP contribution in [0.3, 0.4) is 0 Å². The number of carbonyl (C=O) groups is 2. The van der Waals surface area contributed by atoms with Crippen LogP contribution in [0.5, 0.6) is 0 Å². The fourth-order valence-electron chi connectivity index (χ4n) is 4.55. The molecule has 3 amide bonds. The monoisotopic (exact) mass is 535 g/mol. The van der Waals surface area contributed by atoms with Gasteiger partial charge in [-0.15, -0.1) is 0 Å². The molecule has 0 aromatic carbocycles. The SMILES string of the molecule is O=C(CCc1cnc(C2=CCN(C(=O)Nc3ccc(C(F)(F)F)cn3)CC2)c(Cl)c1)NC1CCCCC1. The Morgan fingerprint density at radius 3 is 2.51 bits per heavy atom. The van der Waals surface area contributed by atoms with Gasteiger partial charge in [0.15, 0.2) is 0 Å². The zero-order valence-corrected chi connectivity index (χ0v) is 21.0. The molecule has 2 aromatic heterocycles. The Morgan fingerprint density at radius 1 is 1.11 bits per heavy atom. The number of aromatic nitrogens is 2. The van der Waals surface area contributed by atoms with Crippen LogP contribution in [0.25, 0.3) is 5.57 Å². The lowest BCUT2D eigenvalue weighted by Crippen LogP contribution is -2.38. The number of urea groups is 1. The molecule has 0 radical (unpaired) electrons. The van der Waals surface area contributed by atoms with Gasteiger partial charge in [-0.25, -0.2) is 9.78 Å². The quantitative estimate of drug-likeness (QED) is 0.485. The number of alkyl halides is 3. The van der Waals surface area contributed by atoms with Crippen molar-refractivity contribution in [2.75, 3.05) is 18.4 Å². The van der Waals surface area contributed by atoms with Crippen LogP contribution in [0.4, 0.5) is 23.8 Å². The molecule has 0 bridgehead atoms. The highest BCUT2D eigenvalue weighted by Gasteiger charge is 2.31. The first-order valence-electron chi connectivity index (χ1n) is 12.4. The zero-order chi connectivity index (χ0) is 26.4. The molecule has 0 spiro atoms. The number of anilines is 1. The predicted molar refractivity (Wildman–Crippen MR) is 135 cm³/mol. The third-order valence-corrected chi connectivity index (χ3v) is 6.92. The second-order valence-corrected chi connectivity index (χ2v) is 9.77. The van der Waals surface area contributed by atoms with E-state index in [0.717, 1.165) is 36.1 Å². The summed E-state index contributed by atoms with van der Waals surface area (Å²) in [4.78, 5) is 34.5. The lowest BCUT2D eigenvalue weighted by atomic mass is 9.95. The Labute approximate surface area is 218 Å². The van der Waals surface area contributed by atoms with Crippen LogP contribution in [0.15, 0.2) is 36.7 Å². The van der Waals surface area contributed by atoms with E-state index in [4.69, 9.17) is 11.6 Å². The van der Waals surface area contributed by atoms with E-state index in [9.17, 15) is 22.8 Å². The van der Waals surface area contributed by atoms with Gasteiger partial charge in [0, 0.05) is 37.9 Å². The van der Waals surface area contributed by atoms with Gasteiger partial charge in [0.1, 0.15) is 5.82 Å². The molecule has 7 nitrogen and oxygen atoms in total. The van der Waals surface area contributed by atoms with Gasteiger partial charge in [-0.05, 0) is 55.0 Å². The van der Waals surface area contributed by atoms with Gasteiger partial charge in [0.05, 0.1) is 16.3 Å². The summed E-state index contributed by atoms with van der Waals surface area (Å²) in [6.07, 6.45) is 6.91. The number of halogens is 4. The Morgan fingerprint density at radius 2 is 1.89 bits per heavy atom. The van der Waals surface area contributed by atoms with Gasteiger partial charge in [0.25, 0.3) is 0 Å². The number of hydrogen-bond donors (Lipinski definition) is 2. The predicted octanol–water partition coefficient (Wildman–Crippen LogP) is 5.85. The Bertz CT molecular complexity index is 1150. The minimum atomic E-state index is -4.49. The summed E-state index contributed by atoms with van der Waals surface area (Å²) in [6, 6.07) is 3.65. The fraction of sp³-hybridized carbons (Fsp3) is 0.462. The average molecular weight is 536 g/mol. The van der Waals surface area contributed by atoms with E-state index in [2.05, 4.69) is 20.6 Å². The topological polar surface area (TPSA) is 87.2 Å². The van der Waals surface area contributed by atoms with E-state index in [1.165, 1.54) is 24.2 Å². The molecule has 2 aliphatic rings. The van der Waals surface area contributed by atoms with Crippen molar-refractivity contribution in [3.63, 3.8) is 0 Å². The van der Waals surface area contributed by atoms with Crippen molar-refractivity contribution in [1.29, 1.82) is 0 Å². The summed E-state index contributed by atoms with van der Waals surface area (Å²) < 4.78 is 38.0. The maximum atomic E-state index is 12.7. The van der Waals surface area contributed by atoms with Gasteiger partial charge in [-0.2, -0.15) is 13.2 Å². The molecule has 2 N–H and O–H groups in total. The Balaban J connectivity index is 1.28. The highest BCUT2D eigenvalue weighted by molar-refractivity contribution is 6.32. The number of nitrogens with one attached hydrogen (secondary N) is 2. The van der Waals surface area contributed by atoms with Crippen LogP contribution < -0.4 is 10.6 Å². The van der Waals surface area contributed by atoms with E-state index in [0.29, 0.717) is 49.3 Å². The van der Waals surface area contributed by atoms with Gasteiger partial charge in [-0.1, -0.05) is 36.9 Å². The van der Waals surface area contributed by atoms with Crippen LogP contribution in [-0.4, -0.2) is 45.9 Å². The highest BCUT2D eigenvalue weighted by Crippen LogP contribution is 2.30. The molecule has 3 heterocycles. The van der Waals surface area contributed by atoms with Gasteiger partial charge < -0.3 is 10.2 Å². The molecule has 1 fully saturated rings. The summed E-state index contributed by atoms with van der Waals surface area (Å²) in [7, 11) is 0. The molecule has 11 heteroatoms. The maximum absolute atomic E-state index is 12.7. The highest BCUT2D eigenvalue weighted by atomic mass is 35.5. The summed E-state index contributed by atoms with van der Waals surface area (Å²) in [5.74, 6) is 0.0902. The summed E-state index contributed by atoms with van der Waals surface area (Å²) in [5, 5.41) is 6.12. The number of carbonyl (C=O) groups excluding carboxylic acids is 2. The fourth-order valence-corrected chi connectivity index (χ4v) is 4.86. The molecule has 0 atom stereocenters. The minimum Gasteiger partial charge on any atom is -0.353 e. The first-order chi connectivity index (χ1) is 17.7. The molecule has 0 unspecified atom stereocenters. The summed E-state index contributed by atoms with van der Waals surface area (Å²) >= 11 is 6.50. The van der Waals surface area contributed by atoms with Crippen LogP contribution in [0.1, 0.15) is 61.8 Å². The van der Waals surface area contributed by atoms with Crippen molar-refractivity contribution in [2.24, 2.45) is 0 Å². The standard InChI is InChI=1S/C26H29ClF3N5O2/c27-21-14-17(6-9-23(36)33-20-4-2-1-3-5-20)15-32-24(21)18-10-12-35(13-11-18)25(37)34-22-8-7-19(16-31-22)26(28,29)30/h7-8,10,14-16,20H,1-6,9,11-13H2,(H,33,36)(H,31,34,37). The molecule has 1 saturated carbocycles. The number of aryl methyl sites for hydroxylation is 1. The molecular formula is C26H29ClF3N5O2. The zero-order valence-electron chi connectivity index (χ0n) is 20.3. The van der Waals surface area contributed by atoms with Crippen molar-refractivity contribution in [2.45, 2.75) is 63.6 Å². The van der Waals surface area contributed by atoms with E-state index in [-0.39, 0.29) is 17.8 Å². The molecule has 1 aliphatic carbocycles. The normalized spacial score (nSPS) is 16.8. The first kappa shape index (κ1) is 26.9. The molecule has 198 valence electrons. The molecule has 37 heavy (non-hydrogen) atoms. The van der Waals surface area contributed by atoms with Crippen molar-refractivity contribution in [3.05, 3.63) is 58.5 Å².